The highest BCUT2D eigenvalue weighted by Crippen LogP contribution is 2.34. The highest BCUT2D eigenvalue weighted by Gasteiger charge is 2.15. The van der Waals surface area contributed by atoms with Crippen LogP contribution in [0.4, 0.5) is 10.2 Å². The maximum Gasteiger partial charge on any atom is 0.142 e. The minimum Gasteiger partial charge on any atom is -0.457 e. The number of nitriles is 1. The molecule has 1 aromatic heterocycles. The van der Waals surface area contributed by atoms with Gasteiger partial charge in [-0.2, -0.15) is 5.26 Å². The summed E-state index contributed by atoms with van der Waals surface area (Å²) in [5.41, 5.74) is 8.25. The van der Waals surface area contributed by atoms with Crippen molar-refractivity contribution in [3.8, 4) is 40.0 Å². The molecule has 4 rings (SSSR count). The summed E-state index contributed by atoms with van der Waals surface area (Å²) in [6.07, 6.45) is 0. The number of nitrogens with zero attached hydrogens (tertiary/aromatic N) is 2. The fraction of sp³-hybridized carbons (Fsp3) is 0. The van der Waals surface area contributed by atoms with Gasteiger partial charge in [-0.25, -0.2) is 9.37 Å². The van der Waals surface area contributed by atoms with Gasteiger partial charge in [-0.15, -0.1) is 0 Å². The average molecular weight is 381 g/mol. The van der Waals surface area contributed by atoms with Crippen molar-refractivity contribution in [1.82, 2.24) is 4.98 Å². The zero-order valence-electron chi connectivity index (χ0n) is 15.3. The number of para-hydroxylation sites is 1. The van der Waals surface area contributed by atoms with Gasteiger partial charge in [-0.3, -0.25) is 0 Å². The van der Waals surface area contributed by atoms with Gasteiger partial charge in [0.25, 0.3) is 0 Å². The lowest BCUT2D eigenvalue weighted by Crippen LogP contribution is -2.00. The average Bonchev–Trinajstić information content (AvgIpc) is 2.74. The minimum atomic E-state index is -0.406. The molecule has 4 aromatic rings. The molecule has 0 unspecified atom stereocenters. The van der Waals surface area contributed by atoms with Crippen LogP contribution in [0.5, 0.6) is 11.5 Å². The molecule has 0 aliphatic carbocycles. The standard InChI is InChI=1S/C24H16FN3O/c25-22-12-5-4-11-19(22)23-14-20(21(15-26)24(27)28-23)16-7-6-10-18(13-16)29-17-8-2-1-3-9-17/h1-14H,(H2,27,28). The molecule has 140 valence electrons. The van der Waals surface area contributed by atoms with Crippen LogP contribution in [-0.2, 0) is 0 Å². The van der Waals surface area contributed by atoms with E-state index in [9.17, 15) is 9.65 Å². The third-order valence-electron chi connectivity index (χ3n) is 4.43. The summed E-state index contributed by atoms with van der Waals surface area (Å²) >= 11 is 0. The molecule has 0 aliphatic heterocycles. The summed E-state index contributed by atoms with van der Waals surface area (Å²) in [7, 11) is 0. The van der Waals surface area contributed by atoms with E-state index in [-0.39, 0.29) is 11.4 Å². The predicted octanol–water partition coefficient (Wildman–Crippen LogP) is 5.80. The second kappa shape index (κ2) is 7.83. The number of anilines is 1. The lowest BCUT2D eigenvalue weighted by atomic mass is 9.98. The Morgan fingerprint density at radius 1 is 0.828 bits per heavy atom. The molecule has 0 saturated carbocycles. The molecule has 0 atom stereocenters. The number of halogens is 1. The number of aromatic nitrogens is 1. The minimum absolute atomic E-state index is 0.0534. The molecule has 1 heterocycles. The van der Waals surface area contributed by atoms with Crippen LogP contribution < -0.4 is 10.5 Å². The van der Waals surface area contributed by atoms with Gasteiger partial charge in [0.2, 0.25) is 0 Å². The molecule has 29 heavy (non-hydrogen) atoms. The SMILES string of the molecule is N#Cc1c(-c2cccc(Oc3ccccc3)c2)cc(-c2ccccc2F)nc1N. The van der Waals surface area contributed by atoms with E-state index in [2.05, 4.69) is 11.1 Å². The van der Waals surface area contributed by atoms with Gasteiger partial charge < -0.3 is 10.5 Å². The summed E-state index contributed by atoms with van der Waals surface area (Å²) in [6.45, 7) is 0. The van der Waals surface area contributed by atoms with E-state index in [0.717, 1.165) is 5.56 Å². The summed E-state index contributed by atoms with van der Waals surface area (Å²) in [6, 6.07) is 26.8. The highest BCUT2D eigenvalue weighted by molar-refractivity contribution is 5.80. The molecule has 2 N–H and O–H groups in total. The van der Waals surface area contributed by atoms with Crippen LogP contribution in [-0.4, -0.2) is 4.98 Å². The van der Waals surface area contributed by atoms with Crippen molar-refractivity contribution < 1.29 is 9.13 Å². The van der Waals surface area contributed by atoms with Crippen LogP contribution in [0.25, 0.3) is 22.4 Å². The number of hydrogen-bond acceptors (Lipinski definition) is 4. The maximum atomic E-state index is 14.3. The number of pyridine rings is 1. The zero-order valence-corrected chi connectivity index (χ0v) is 15.3. The number of benzene rings is 3. The molecule has 3 aromatic carbocycles. The van der Waals surface area contributed by atoms with Crippen LogP contribution in [0.2, 0.25) is 0 Å². The number of rotatable bonds is 4. The highest BCUT2D eigenvalue weighted by atomic mass is 19.1. The lowest BCUT2D eigenvalue weighted by molar-refractivity contribution is 0.483. The molecule has 4 nitrogen and oxygen atoms in total. The van der Waals surface area contributed by atoms with E-state index < -0.39 is 5.82 Å². The molecule has 0 aliphatic rings. The predicted molar refractivity (Wildman–Crippen MR) is 111 cm³/mol. The van der Waals surface area contributed by atoms with Crippen LogP contribution in [0.3, 0.4) is 0 Å². The second-order valence-electron chi connectivity index (χ2n) is 6.35. The summed E-state index contributed by atoms with van der Waals surface area (Å²) in [5.74, 6) is 0.959. The van der Waals surface area contributed by atoms with Crippen molar-refractivity contribution in [1.29, 1.82) is 5.26 Å². The fourth-order valence-electron chi connectivity index (χ4n) is 3.07. The fourth-order valence-corrected chi connectivity index (χ4v) is 3.07. The van der Waals surface area contributed by atoms with Crippen molar-refractivity contribution in [3.63, 3.8) is 0 Å². The number of nitrogen functional groups attached to an aromatic ring is 1. The Balaban J connectivity index is 1.81. The normalized spacial score (nSPS) is 10.3. The largest absolute Gasteiger partial charge is 0.457 e. The maximum absolute atomic E-state index is 14.3. The van der Waals surface area contributed by atoms with Crippen LogP contribution in [0, 0.1) is 17.1 Å². The van der Waals surface area contributed by atoms with Gasteiger partial charge in [0.05, 0.1) is 5.69 Å². The lowest BCUT2D eigenvalue weighted by Gasteiger charge is -2.12. The quantitative estimate of drug-likeness (QED) is 0.485. The number of nitrogens with two attached hydrogens (primary N) is 1. The summed E-state index contributed by atoms with van der Waals surface area (Å²) < 4.78 is 20.2. The van der Waals surface area contributed by atoms with E-state index in [1.807, 2.05) is 54.6 Å². The van der Waals surface area contributed by atoms with E-state index in [1.54, 1.807) is 24.3 Å². The molecular weight excluding hydrogens is 365 g/mol. The van der Waals surface area contributed by atoms with Gasteiger partial charge in [-0.1, -0.05) is 42.5 Å². The molecular formula is C24H16FN3O. The zero-order chi connectivity index (χ0) is 20.2. The van der Waals surface area contributed by atoms with E-state index in [0.29, 0.717) is 28.3 Å². The first-order valence-corrected chi connectivity index (χ1v) is 8.94. The molecule has 0 saturated heterocycles. The van der Waals surface area contributed by atoms with Crippen molar-refractivity contribution in [2.24, 2.45) is 0 Å². The summed E-state index contributed by atoms with van der Waals surface area (Å²) in [4.78, 5) is 4.24. The third kappa shape index (κ3) is 3.78. The Kier molecular flexibility index (Phi) is 4.91. The Bertz CT molecular complexity index is 1220. The molecule has 5 heteroatoms. The Morgan fingerprint density at radius 3 is 2.31 bits per heavy atom. The molecule has 0 spiro atoms. The van der Waals surface area contributed by atoms with Gasteiger partial charge in [-0.05, 0) is 48.0 Å². The van der Waals surface area contributed by atoms with Gasteiger partial charge in [0.15, 0.2) is 0 Å². The van der Waals surface area contributed by atoms with E-state index in [4.69, 9.17) is 10.5 Å². The monoisotopic (exact) mass is 381 g/mol. The van der Waals surface area contributed by atoms with Crippen LogP contribution in [0.15, 0.2) is 84.9 Å². The summed E-state index contributed by atoms with van der Waals surface area (Å²) in [5, 5.41) is 9.61. The van der Waals surface area contributed by atoms with Crippen molar-refractivity contribution >= 4 is 5.82 Å². The smallest absolute Gasteiger partial charge is 0.142 e. The molecule has 0 bridgehead atoms. The Morgan fingerprint density at radius 2 is 1.55 bits per heavy atom. The van der Waals surface area contributed by atoms with Crippen molar-refractivity contribution in [2.75, 3.05) is 5.73 Å². The number of ether oxygens (including phenoxy) is 1. The van der Waals surface area contributed by atoms with Gasteiger partial charge >= 0.3 is 0 Å². The Labute approximate surface area is 167 Å². The second-order valence-corrected chi connectivity index (χ2v) is 6.35. The van der Waals surface area contributed by atoms with Crippen LogP contribution >= 0.6 is 0 Å². The van der Waals surface area contributed by atoms with Crippen LogP contribution in [0.1, 0.15) is 5.56 Å². The topological polar surface area (TPSA) is 71.9 Å². The van der Waals surface area contributed by atoms with E-state index in [1.165, 1.54) is 6.07 Å². The third-order valence-corrected chi connectivity index (χ3v) is 4.43. The van der Waals surface area contributed by atoms with Crippen molar-refractivity contribution in [2.45, 2.75) is 0 Å². The first kappa shape index (κ1) is 18.2. The van der Waals surface area contributed by atoms with Gasteiger partial charge in [0, 0.05) is 11.1 Å². The number of hydrogen-bond donors (Lipinski definition) is 1. The first-order valence-electron chi connectivity index (χ1n) is 8.94. The molecule has 0 fully saturated rings. The van der Waals surface area contributed by atoms with Crippen molar-refractivity contribution in [3.05, 3.63) is 96.3 Å². The van der Waals surface area contributed by atoms with Gasteiger partial charge in [0.1, 0.15) is 34.8 Å². The molecule has 0 amide bonds. The first-order chi connectivity index (χ1) is 14.2. The molecule has 0 radical (unpaired) electrons. The van der Waals surface area contributed by atoms with E-state index >= 15 is 0 Å². The Hall–Kier alpha value is -4.17.